The van der Waals surface area contributed by atoms with Gasteiger partial charge in [0, 0.05) is 12.5 Å². The second kappa shape index (κ2) is 11.3. The van der Waals surface area contributed by atoms with Crippen molar-refractivity contribution in [3.63, 3.8) is 0 Å². The predicted molar refractivity (Wildman–Crippen MR) is 144 cm³/mol. The van der Waals surface area contributed by atoms with Crippen molar-refractivity contribution in [2.45, 2.75) is 57.1 Å². The summed E-state index contributed by atoms with van der Waals surface area (Å²) in [5.74, 6) is -0.197. The smallest absolute Gasteiger partial charge is 0.417 e. The van der Waals surface area contributed by atoms with Gasteiger partial charge in [-0.25, -0.2) is 9.69 Å². The zero-order valence-corrected chi connectivity index (χ0v) is 22.9. The molecule has 0 aromatic heterocycles. The van der Waals surface area contributed by atoms with E-state index in [9.17, 15) is 19.5 Å². The lowest BCUT2D eigenvalue weighted by atomic mass is 9.95. The van der Waals surface area contributed by atoms with E-state index in [1.807, 2.05) is 0 Å². The van der Waals surface area contributed by atoms with Crippen LogP contribution >= 0.6 is 11.8 Å². The molecule has 9 heteroatoms. The van der Waals surface area contributed by atoms with Gasteiger partial charge in [0.2, 0.25) is 11.7 Å². The number of methoxy groups -OCH3 is 1. The summed E-state index contributed by atoms with van der Waals surface area (Å²) in [6.45, 7) is 10.3. The molecule has 37 heavy (non-hydrogen) atoms. The van der Waals surface area contributed by atoms with E-state index < -0.39 is 23.6 Å². The average Bonchev–Trinajstić information content (AvgIpc) is 3.05. The van der Waals surface area contributed by atoms with Gasteiger partial charge in [-0.1, -0.05) is 18.7 Å². The summed E-state index contributed by atoms with van der Waals surface area (Å²) in [6.07, 6.45) is 3.24. The number of imide groups is 1. The first kappa shape index (κ1) is 28.1. The van der Waals surface area contributed by atoms with Gasteiger partial charge in [-0.15, -0.1) is 11.8 Å². The van der Waals surface area contributed by atoms with E-state index >= 15 is 0 Å². The van der Waals surface area contributed by atoms with Crippen molar-refractivity contribution in [1.82, 2.24) is 4.90 Å². The van der Waals surface area contributed by atoms with Crippen LogP contribution in [0, 0.1) is 0 Å². The molecule has 3 rings (SSSR count). The molecule has 0 saturated carbocycles. The molecule has 198 valence electrons. The molecular weight excluding hydrogens is 494 g/mol. The SMILES string of the molecule is C=CCOc1cc2c(c(O)c1OC)-c1ccc(SC)c(=O)cc1C(N(C(C)=O)C(=O)OC(C)(C)C)CC2. The van der Waals surface area contributed by atoms with Crippen LogP contribution in [0.25, 0.3) is 11.1 Å². The van der Waals surface area contributed by atoms with Crippen molar-refractivity contribution in [2.24, 2.45) is 0 Å². The Kier molecular flexibility index (Phi) is 8.58. The fraction of sp³-hybridized carbons (Fsp3) is 0.393. The number of phenols is 1. The number of thioether (sulfide) groups is 1. The Morgan fingerprint density at radius 3 is 2.54 bits per heavy atom. The minimum atomic E-state index is -0.832. The molecule has 0 bridgehead atoms. The molecule has 0 aliphatic heterocycles. The van der Waals surface area contributed by atoms with Gasteiger partial charge in [0.15, 0.2) is 16.9 Å². The third kappa shape index (κ3) is 5.93. The van der Waals surface area contributed by atoms with Crippen LogP contribution in [-0.4, -0.2) is 47.6 Å². The number of ether oxygens (including phenoxy) is 3. The van der Waals surface area contributed by atoms with Crippen molar-refractivity contribution in [3.8, 4) is 28.4 Å². The highest BCUT2D eigenvalue weighted by molar-refractivity contribution is 7.98. The van der Waals surface area contributed by atoms with E-state index in [0.29, 0.717) is 40.2 Å². The van der Waals surface area contributed by atoms with Crippen LogP contribution < -0.4 is 14.9 Å². The number of rotatable bonds is 6. The minimum Gasteiger partial charge on any atom is -0.504 e. The Bertz CT molecular complexity index is 1280. The molecule has 1 aliphatic rings. The van der Waals surface area contributed by atoms with Crippen LogP contribution in [0.1, 0.15) is 51.3 Å². The zero-order chi connectivity index (χ0) is 27.5. The molecule has 2 amide bonds. The van der Waals surface area contributed by atoms with Crippen LogP contribution in [0.3, 0.4) is 0 Å². The van der Waals surface area contributed by atoms with Gasteiger partial charge < -0.3 is 19.3 Å². The zero-order valence-electron chi connectivity index (χ0n) is 22.0. The number of fused-ring (bicyclic) bond motifs is 3. The largest absolute Gasteiger partial charge is 0.504 e. The fourth-order valence-electron chi connectivity index (χ4n) is 4.43. The second-order valence-electron chi connectivity index (χ2n) is 9.59. The molecule has 2 aromatic rings. The van der Waals surface area contributed by atoms with Gasteiger partial charge >= 0.3 is 6.09 Å². The van der Waals surface area contributed by atoms with Crippen molar-refractivity contribution < 1.29 is 28.9 Å². The third-order valence-electron chi connectivity index (χ3n) is 5.88. The van der Waals surface area contributed by atoms with Gasteiger partial charge in [0.05, 0.1) is 18.0 Å². The number of hydrogen-bond acceptors (Lipinski definition) is 8. The maximum Gasteiger partial charge on any atom is 0.417 e. The van der Waals surface area contributed by atoms with Gasteiger partial charge in [-0.3, -0.25) is 9.59 Å². The first-order valence-corrected chi connectivity index (χ1v) is 13.1. The number of aryl methyl sites for hydroxylation is 1. The molecule has 1 aliphatic carbocycles. The fourth-order valence-corrected chi connectivity index (χ4v) is 4.90. The Morgan fingerprint density at radius 2 is 1.97 bits per heavy atom. The molecule has 0 radical (unpaired) electrons. The number of carbonyl (C=O) groups excluding carboxylic acids is 2. The lowest BCUT2D eigenvalue weighted by Crippen LogP contribution is -2.42. The highest BCUT2D eigenvalue weighted by Crippen LogP contribution is 2.50. The molecule has 8 nitrogen and oxygen atoms in total. The van der Waals surface area contributed by atoms with Crippen LogP contribution in [0.4, 0.5) is 4.79 Å². The normalized spacial score (nSPS) is 14.5. The predicted octanol–water partition coefficient (Wildman–Crippen LogP) is 5.49. The van der Waals surface area contributed by atoms with E-state index in [1.54, 1.807) is 51.3 Å². The highest BCUT2D eigenvalue weighted by atomic mass is 32.2. The summed E-state index contributed by atoms with van der Waals surface area (Å²) in [6, 6.07) is 5.81. The summed E-state index contributed by atoms with van der Waals surface area (Å²) < 4.78 is 16.8. The third-order valence-corrected chi connectivity index (χ3v) is 6.66. The topological polar surface area (TPSA) is 102 Å². The molecule has 2 aromatic carbocycles. The number of phenolic OH excluding ortho intramolecular Hbond substituents is 1. The summed E-state index contributed by atoms with van der Waals surface area (Å²) >= 11 is 1.29. The molecular formula is C28H33NO7S. The van der Waals surface area contributed by atoms with Crippen LogP contribution in [-0.2, 0) is 16.0 Å². The number of aromatic hydroxyl groups is 1. The number of nitrogens with zero attached hydrogens (tertiary/aromatic N) is 1. The minimum absolute atomic E-state index is 0.138. The van der Waals surface area contributed by atoms with E-state index in [-0.39, 0.29) is 23.5 Å². The van der Waals surface area contributed by atoms with E-state index in [2.05, 4.69) is 6.58 Å². The quantitative estimate of drug-likeness (QED) is 0.389. The van der Waals surface area contributed by atoms with Crippen LogP contribution in [0.5, 0.6) is 17.2 Å². The number of hydrogen-bond donors (Lipinski definition) is 1. The van der Waals surface area contributed by atoms with Gasteiger partial charge in [0.1, 0.15) is 12.2 Å². The molecule has 0 heterocycles. The first-order valence-electron chi connectivity index (χ1n) is 11.8. The Morgan fingerprint density at radius 1 is 1.27 bits per heavy atom. The second-order valence-corrected chi connectivity index (χ2v) is 10.4. The molecule has 1 N–H and O–H groups in total. The molecule has 0 fully saturated rings. The molecule has 1 unspecified atom stereocenters. The molecule has 0 spiro atoms. The van der Waals surface area contributed by atoms with E-state index in [0.717, 1.165) is 10.5 Å². The number of amides is 2. The van der Waals surface area contributed by atoms with Crippen LogP contribution in [0.2, 0.25) is 0 Å². The van der Waals surface area contributed by atoms with Gasteiger partial charge in [-0.05, 0) is 74.8 Å². The van der Waals surface area contributed by atoms with Crippen molar-refractivity contribution >= 4 is 23.8 Å². The first-order chi connectivity index (χ1) is 17.4. The highest BCUT2D eigenvalue weighted by Gasteiger charge is 2.37. The Labute approximate surface area is 221 Å². The van der Waals surface area contributed by atoms with Gasteiger partial charge in [0.25, 0.3) is 0 Å². The Hall–Kier alpha value is -3.46. The Balaban J connectivity index is 2.35. The lowest BCUT2D eigenvalue weighted by molar-refractivity contribution is -0.130. The maximum absolute atomic E-state index is 13.2. The summed E-state index contributed by atoms with van der Waals surface area (Å²) in [5.41, 5.74) is 1.03. The number of benzene rings is 1. The average molecular weight is 528 g/mol. The van der Waals surface area contributed by atoms with Crippen molar-refractivity contribution in [3.05, 3.63) is 58.3 Å². The van der Waals surface area contributed by atoms with Crippen LogP contribution in [0.15, 0.2) is 46.6 Å². The van der Waals surface area contributed by atoms with Gasteiger partial charge in [-0.2, -0.15) is 0 Å². The maximum atomic E-state index is 13.2. The summed E-state index contributed by atoms with van der Waals surface area (Å²) in [7, 11) is 1.43. The number of carbonyl (C=O) groups is 2. The van der Waals surface area contributed by atoms with E-state index in [4.69, 9.17) is 14.2 Å². The lowest BCUT2D eigenvalue weighted by Gasteiger charge is -2.31. The standard InChI is InChI=1S/C28H33NO7S/c1-8-13-35-22-14-17-9-11-20(29(16(2)30)27(33)36-28(3,4)5)19-15-21(31)23(37-7)12-10-18(19)24(17)25(32)26(22)34-6/h8,10,12,14-15,20,32H,1,9,11,13H2,2-7H3. The summed E-state index contributed by atoms with van der Waals surface area (Å²) in [4.78, 5) is 40.7. The molecule has 0 saturated heterocycles. The van der Waals surface area contributed by atoms with E-state index in [1.165, 1.54) is 31.9 Å². The monoisotopic (exact) mass is 527 g/mol. The molecule has 1 atom stereocenters. The summed E-state index contributed by atoms with van der Waals surface area (Å²) in [5, 5.41) is 11.4. The van der Waals surface area contributed by atoms with Crippen molar-refractivity contribution in [2.75, 3.05) is 20.0 Å². The van der Waals surface area contributed by atoms with Crippen molar-refractivity contribution in [1.29, 1.82) is 0 Å².